The van der Waals surface area contributed by atoms with Gasteiger partial charge in [0.25, 0.3) is 0 Å². The number of esters is 1. The summed E-state index contributed by atoms with van der Waals surface area (Å²) in [4.78, 5) is 80.6. The van der Waals surface area contributed by atoms with Crippen LogP contribution < -0.4 is 19.9 Å². The molecule has 2 N–H and O–H groups in total. The molecule has 4 aliphatic rings. The van der Waals surface area contributed by atoms with Gasteiger partial charge in [0.1, 0.15) is 42.0 Å². The van der Waals surface area contributed by atoms with Crippen LogP contribution in [0.3, 0.4) is 0 Å². The van der Waals surface area contributed by atoms with E-state index in [0.29, 0.717) is 47.0 Å². The minimum atomic E-state index is -2.04. The number of aliphatic hydroxyl groups is 1. The van der Waals surface area contributed by atoms with Crippen LogP contribution in [0.2, 0.25) is 0 Å². The van der Waals surface area contributed by atoms with E-state index < -0.39 is 65.4 Å². The lowest BCUT2D eigenvalue weighted by molar-refractivity contribution is -0.179. The second-order valence-electron chi connectivity index (χ2n) is 19.8. The Kier molecular flexibility index (Phi) is 13.4. The lowest BCUT2D eigenvalue weighted by atomic mass is 9.64. The topological polar surface area (TPSA) is 188 Å². The van der Waals surface area contributed by atoms with Crippen molar-refractivity contribution in [1.29, 1.82) is 0 Å². The summed E-state index contributed by atoms with van der Waals surface area (Å²) in [5.41, 5.74) is 3.33. The van der Waals surface area contributed by atoms with Crippen LogP contribution in [-0.4, -0.2) is 109 Å². The molecule has 12 rings (SSSR count). The number of nitrogens with zero attached hydrogens (tertiary/aromatic N) is 9. The molecular weight excluding hydrogens is 985 g/mol. The summed E-state index contributed by atoms with van der Waals surface area (Å²) in [5, 5.41) is 21.7. The highest BCUT2D eigenvalue weighted by Crippen LogP contribution is 2.66. The zero-order valence-electron chi connectivity index (χ0n) is 42.6. The number of cyclic esters (lactones) is 1. The highest BCUT2D eigenvalue weighted by atomic mass is 16.6. The quantitative estimate of drug-likeness (QED) is 0.0985. The van der Waals surface area contributed by atoms with Gasteiger partial charge < -0.3 is 29.7 Å². The van der Waals surface area contributed by atoms with Gasteiger partial charge in [-0.2, -0.15) is 0 Å². The van der Waals surface area contributed by atoms with Crippen molar-refractivity contribution >= 4 is 46.5 Å². The zero-order valence-corrected chi connectivity index (χ0v) is 42.6. The molecule has 17 nitrogen and oxygen atoms in total. The first-order valence-corrected chi connectivity index (χ1v) is 26.1. The number of imide groups is 1. The molecule has 0 unspecified atom stereocenters. The molecule has 3 fully saturated rings. The van der Waals surface area contributed by atoms with Gasteiger partial charge in [0.05, 0.1) is 41.9 Å². The summed E-state index contributed by atoms with van der Waals surface area (Å²) >= 11 is 0. The predicted octanol–water partition coefficient (Wildman–Crippen LogP) is 7.13. The minimum absolute atomic E-state index is 0.0243. The van der Waals surface area contributed by atoms with Gasteiger partial charge in [0, 0.05) is 44.1 Å². The van der Waals surface area contributed by atoms with Crippen LogP contribution in [0.4, 0.5) is 16.4 Å². The number of urea groups is 1. The molecule has 0 aliphatic carbocycles. The number of hydrogen-bond acceptors (Lipinski definition) is 13. The fraction of sp³-hybridized carbons (Fsp3) is 0.246. The number of hydrogen-bond donors (Lipinski definition) is 2. The number of amides is 4. The number of rotatable bonds is 11. The summed E-state index contributed by atoms with van der Waals surface area (Å²) < 4.78 is 14.5. The summed E-state index contributed by atoms with van der Waals surface area (Å²) in [7, 11) is 0. The van der Waals surface area contributed by atoms with Crippen molar-refractivity contribution in [3.05, 3.63) is 210 Å². The number of anilines is 2. The van der Waals surface area contributed by atoms with E-state index in [9.17, 15) is 5.11 Å². The summed E-state index contributed by atoms with van der Waals surface area (Å²) in [6.45, 7) is 2.87. The van der Waals surface area contributed by atoms with Crippen molar-refractivity contribution in [2.24, 2.45) is 5.92 Å². The Morgan fingerprint density at radius 3 is 2.22 bits per heavy atom. The van der Waals surface area contributed by atoms with E-state index in [0.717, 1.165) is 27.1 Å². The van der Waals surface area contributed by atoms with Gasteiger partial charge in [0.15, 0.2) is 0 Å². The van der Waals surface area contributed by atoms with Crippen LogP contribution in [0, 0.1) is 17.8 Å². The average Bonchev–Trinajstić information content (AvgIpc) is 3.47. The van der Waals surface area contributed by atoms with Gasteiger partial charge in [-0.15, -0.1) is 5.10 Å². The fourth-order valence-corrected chi connectivity index (χ4v) is 12.0. The van der Waals surface area contributed by atoms with E-state index in [2.05, 4.69) is 37.4 Å². The number of benzene rings is 6. The maximum Gasteiger partial charge on any atom is 0.329 e. The van der Waals surface area contributed by atoms with Crippen LogP contribution in [-0.2, 0) is 31.1 Å². The Hall–Kier alpha value is -9.24. The number of carbonyl (C=O) groups excluding carboxylic acids is 4. The molecule has 0 saturated carbocycles. The van der Waals surface area contributed by atoms with E-state index in [1.54, 1.807) is 64.4 Å². The molecule has 17 heteroatoms. The highest BCUT2D eigenvalue weighted by molar-refractivity contribution is 6.24. The molecule has 6 heterocycles. The molecule has 4 aliphatic heterocycles. The van der Waals surface area contributed by atoms with Gasteiger partial charge >= 0.3 is 12.0 Å². The van der Waals surface area contributed by atoms with Crippen LogP contribution in [0.1, 0.15) is 64.5 Å². The lowest BCUT2D eigenvalue weighted by Gasteiger charge is -2.46. The standard InChI is InChI=1S/C61H54N10O7/c1-40(42-17-5-2-6-18-42)64-60(76)70-49-28-27-41(16-14-31-69-50-26-12-11-25-48(50)65-66-69)38-47(49)61(58(70)75)51(56(73)67-32-34-68(35-33-67)59-62-29-15-30-63-59)53-57(74)78-54(44-21-9-4-10-22-44)52(43-19-7-3-8-20-43)71(53)55(61)45-23-13-24-46(39-45)77-37-36-72/h2-13,15,17-30,38-40,51-55,72H,31-37H2,1H3,(H,64,76)/t40-,51-,52-,53-,54+,55+,61-/m1/s1. The van der Waals surface area contributed by atoms with E-state index in [1.165, 1.54) is 0 Å². The third-order valence-electron chi connectivity index (χ3n) is 15.4. The second kappa shape index (κ2) is 21.1. The predicted molar refractivity (Wildman–Crippen MR) is 290 cm³/mol. The summed E-state index contributed by atoms with van der Waals surface area (Å²) in [5.74, 6) is 4.10. The van der Waals surface area contributed by atoms with Crippen LogP contribution in [0.15, 0.2) is 176 Å². The van der Waals surface area contributed by atoms with Crippen LogP contribution in [0.25, 0.3) is 11.0 Å². The Morgan fingerprint density at radius 1 is 0.782 bits per heavy atom. The number of fused-ring (bicyclic) bond motifs is 4. The number of para-hydroxylation sites is 1. The van der Waals surface area contributed by atoms with E-state index in [1.807, 2.05) is 138 Å². The van der Waals surface area contributed by atoms with Crippen LogP contribution in [0.5, 0.6) is 5.75 Å². The van der Waals surface area contributed by atoms with Gasteiger partial charge in [-0.05, 0) is 83.3 Å². The maximum absolute atomic E-state index is 17.0. The molecule has 6 aromatic carbocycles. The third-order valence-corrected chi connectivity index (χ3v) is 15.4. The largest absolute Gasteiger partial charge is 0.491 e. The van der Waals surface area contributed by atoms with Gasteiger partial charge in [-0.3, -0.25) is 19.3 Å². The maximum atomic E-state index is 17.0. The summed E-state index contributed by atoms with van der Waals surface area (Å²) in [6, 6.07) is 45.7. The first-order valence-electron chi connectivity index (χ1n) is 26.1. The lowest BCUT2D eigenvalue weighted by Crippen LogP contribution is -2.59. The minimum Gasteiger partial charge on any atom is -0.491 e. The Labute approximate surface area is 450 Å². The molecule has 390 valence electrons. The third kappa shape index (κ3) is 8.74. The highest BCUT2D eigenvalue weighted by Gasteiger charge is 2.76. The molecular formula is C61H54N10O7. The van der Waals surface area contributed by atoms with Crippen molar-refractivity contribution in [1.82, 2.24) is 40.1 Å². The van der Waals surface area contributed by atoms with E-state index >= 15 is 19.2 Å². The molecule has 8 aromatic rings. The summed E-state index contributed by atoms with van der Waals surface area (Å²) in [6.07, 6.45) is 2.41. The first kappa shape index (κ1) is 49.6. The second-order valence-corrected chi connectivity index (χ2v) is 19.8. The SMILES string of the molecule is C[C@@H](NC(=O)N1C(=O)[C@@]2(c3cc(C#CCn4nnc5ccccc54)ccc31)[C@H](c1cccc(OCCO)c1)N1[C@H](c3ccccc3)[C@H](c3ccccc3)OC(=O)[C@H]1[C@@H]2C(=O)N1CCN(c2ncccn2)CC1)c1ccccc1. The first-order chi connectivity index (χ1) is 38.2. The molecule has 0 radical (unpaired) electrons. The Balaban J connectivity index is 1.10. The molecule has 1 spiro atoms. The molecule has 0 bridgehead atoms. The van der Waals surface area contributed by atoms with E-state index in [4.69, 9.17) is 9.47 Å². The van der Waals surface area contributed by atoms with Crippen molar-refractivity contribution in [3.8, 4) is 17.6 Å². The molecule has 78 heavy (non-hydrogen) atoms. The fourth-order valence-electron chi connectivity index (χ4n) is 12.0. The monoisotopic (exact) mass is 1040 g/mol. The number of aromatic nitrogens is 5. The molecule has 4 amide bonds. The normalized spacial score (nSPS) is 22.1. The molecule has 3 saturated heterocycles. The number of nitrogens with one attached hydrogen (secondary N) is 1. The number of morpholine rings is 1. The number of aliphatic hydroxyl groups excluding tert-OH is 1. The van der Waals surface area contributed by atoms with Gasteiger partial charge in [0.2, 0.25) is 17.8 Å². The number of carbonyl (C=O) groups is 4. The number of ether oxygens (including phenoxy) is 2. The molecule has 2 aromatic heterocycles. The number of piperazine rings is 1. The van der Waals surface area contributed by atoms with Crippen molar-refractivity contribution in [2.45, 2.75) is 49.2 Å². The molecule has 7 atom stereocenters. The van der Waals surface area contributed by atoms with Crippen molar-refractivity contribution in [3.63, 3.8) is 0 Å². The zero-order chi connectivity index (χ0) is 53.3. The van der Waals surface area contributed by atoms with Gasteiger partial charge in [-0.25, -0.2) is 24.3 Å². The Morgan fingerprint density at radius 2 is 1.47 bits per heavy atom. The smallest absolute Gasteiger partial charge is 0.329 e. The average molecular weight is 1040 g/mol. The van der Waals surface area contributed by atoms with Crippen LogP contribution >= 0.6 is 0 Å². The van der Waals surface area contributed by atoms with Crippen molar-refractivity contribution < 1.29 is 33.8 Å². The van der Waals surface area contributed by atoms with Gasteiger partial charge in [-0.1, -0.05) is 132 Å². The Bertz CT molecular complexity index is 3590. The van der Waals surface area contributed by atoms with Crippen molar-refractivity contribution in [2.75, 3.05) is 49.2 Å². The van der Waals surface area contributed by atoms with E-state index in [-0.39, 0.29) is 38.5 Å².